The highest BCUT2D eigenvalue weighted by Gasteiger charge is 2.31. The van der Waals surface area contributed by atoms with Crippen LogP contribution in [0.3, 0.4) is 0 Å². The zero-order chi connectivity index (χ0) is 22.9. The molecule has 0 unspecified atom stereocenters. The lowest BCUT2D eigenvalue weighted by Gasteiger charge is -2.16. The Bertz CT molecular complexity index is 1280. The number of carbonyl (C=O) groups is 1. The van der Waals surface area contributed by atoms with Gasteiger partial charge in [0.1, 0.15) is 17.2 Å². The second kappa shape index (κ2) is 8.30. The van der Waals surface area contributed by atoms with Gasteiger partial charge in [0.05, 0.1) is 6.61 Å². The van der Waals surface area contributed by atoms with E-state index in [9.17, 15) is 23.1 Å². The molecule has 8 heteroatoms. The Morgan fingerprint density at radius 1 is 1.00 bits per heavy atom. The number of fused-ring (bicyclic) bond motifs is 1. The van der Waals surface area contributed by atoms with Crippen molar-refractivity contribution in [2.45, 2.75) is 13.3 Å². The van der Waals surface area contributed by atoms with Crippen LogP contribution < -0.4 is 9.47 Å². The van der Waals surface area contributed by atoms with Gasteiger partial charge in [-0.3, -0.25) is 0 Å². The van der Waals surface area contributed by atoms with E-state index < -0.39 is 12.3 Å². The molecule has 1 heterocycles. The monoisotopic (exact) mass is 441 g/mol. The Kier molecular flexibility index (Phi) is 5.52. The molecule has 0 fully saturated rings. The summed E-state index contributed by atoms with van der Waals surface area (Å²) in [6.45, 7) is 2.29. The van der Waals surface area contributed by atoms with Crippen LogP contribution in [0.25, 0.3) is 33.2 Å². The molecule has 0 aliphatic carbocycles. The van der Waals surface area contributed by atoms with Gasteiger partial charge in [0.2, 0.25) is 0 Å². The summed E-state index contributed by atoms with van der Waals surface area (Å²) in [6, 6.07) is 18.0. The molecule has 5 nitrogen and oxygen atoms in total. The van der Waals surface area contributed by atoms with Gasteiger partial charge in [-0.1, -0.05) is 36.4 Å². The van der Waals surface area contributed by atoms with Crippen molar-refractivity contribution in [1.82, 2.24) is 4.98 Å². The summed E-state index contributed by atoms with van der Waals surface area (Å²) >= 11 is 0. The molecular formula is C24H18F3NO4. The van der Waals surface area contributed by atoms with Crippen LogP contribution in [0.2, 0.25) is 0 Å². The van der Waals surface area contributed by atoms with Crippen molar-refractivity contribution in [1.29, 1.82) is 0 Å². The summed E-state index contributed by atoms with van der Waals surface area (Å²) in [7, 11) is 0. The number of hydrogen-bond acceptors (Lipinski definition) is 3. The number of para-hydroxylation sites is 1. The molecule has 2 N–H and O–H groups in total. The van der Waals surface area contributed by atoms with Gasteiger partial charge in [-0.05, 0) is 48.4 Å². The lowest BCUT2D eigenvalue weighted by molar-refractivity contribution is -0.274. The summed E-state index contributed by atoms with van der Waals surface area (Å²) in [5.41, 5.74) is 3.44. The number of aromatic nitrogens is 1. The zero-order valence-corrected chi connectivity index (χ0v) is 16.9. The van der Waals surface area contributed by atoms with E-state index in [1.54, 1.807) is 18.2 Å². The first-order valence-electron chi connectivity index (χ1n) is 9.74. The molecule has 0 aliphatic rings. The van der Waals surface area contributed by atoms with Gasteiger partial charge in [0.15, 0.2) is 0 Å². The third kappa shape index (κ3) is 4.25. The van der Waals surface area contributed by atoms with Crippen LogP contribution >= 0.6 is 0 Å². The van der Waals surface area contributed by atoms with Gasteiger partial charge in [0, 0.05) is 22.0 Å². The van der Waals surface area contributed by atoms with Gasteiger partial charge in [-0.2, -0.15) is 0 Å². The number of carboxylic acid groups (broad SMARTS) is 1. The quantitative estimate of drug-likeness (QED) is 0.358. The Morgan fingerprint density at radius 2 is 1.72 bits per heavy atom. The minimum atomic E-state index is -4.78. The van der Waals surface area contributed by atoms with Crippen molar-refractivity contribution >= 4 is 16.9 Å². The summed E-state index contributed by atoms with van der Waals surface area (Å²) in [5, 5.41) is 10.1. The standard InChI is InChI=1S/C24H18F3NO4/c1-2-31-21-6-4-3-5-17(21)22-16(11-12-19-18(22)13-20(28-19)23(29)30)14-7-9-15(10-8-14)32-24(25,26)27/h3-13,28H,2H2,1H3,(H,29,30). The predicted octanol–water partition coefficient (Wildman–Crippen LogP) is 6.50. The number of H-pyrrole nitrogens is 1. The molecule has 0 bridgehead atoms. The van der Waals surface area contributed by atoms with E-state index in [0.717, 1.165) is 5.56 Å². The van der Waals surface area contributed by atoms with Crippen molar-refractivity contribution in [2.75, 3.05) is 6.61 Å². The number of alkyl halides is 3. The number of aromatic carboxylic acids is 1. The Labute approximate surface area is 181 Å². The van der Waals surface area contributed by atoms with E-state index >= 15 is 0 Å². The number of ether oxygens (including phenoxy) is 2. The molecule has 0 amide bonds. The maximum absolute atomic E-state index is 12.5. The van der Waals surface area contributed by atoms with Crippen molar-refractivity contribution in [2.24, 2.45) is 0 Å². The van der Waals surface area contributed by atoms with Crippen LogP contribution in [0.15, 0.2) is 66.7 Å². The fourth-order valence-corrected chi connectivity index (χ4v) is 3.64. The molecular weight excluding hydrogens is 423 g/mol. The van der Waals surface area contributed by atoms with Crippen molar-refractivity contribution in [3.05, 3.63) is 72.4 Å². The molecule has 164 valence electrons. The normalized spacial score (nSPS) is 11.5. The highest BCUT2D eigenvalue weighted by atomic mass is 19.4. The number of carboxylic acids is 1. The number of benzene rings is 3. The third-order valence-corrected chi connectivity index (χ3v) is 4.89. The van der Waals surface area contributed by atoms with Crippen LogP contribution in [-0.4, -0.2) is 29.0 Å². The molecule has 0 saturated carbocycles. The minimum absolute atomic E-state index is 0.0289. The number of aromatic amines is 1. The summed E-state index contributed by atoms with van der Waals surface area (Å²) in [5.74, 6) is -0.812. The number of nitrogens with one attached hydrogen (secondary N) is 1. The van der Waals surface area contributed by atoms with E-state index in [2.05, 4.69) is 9.72 Å². The summed E-state index contributed by atoms with van der Waals surface area (Å²) in [6.07, 6.45) is -4.78. The largest absolute Gasteiger partial charge is 0.573 e. The predicted molar refractivity (Wildman–Crippen MR) is 114 cm³/mol. The first-order valence-corrected chi connectivity index (χ1v) is 9.74. The molecule has 4 rings (SSSR count). The van der Waals surface area contributed by atoms with E-state index in [1.165, 1.54) is 24.3 Å². The van der Waals surface area contributed by atoms with E-state index in [1.807, 2.05) is 31.2 Å². The molecule has 0 spiro atoms. The third-order valence-electron chi connectivity index (χ3n) is 4.89. The topological polar surface area (TPSA) is 71.5 Å². The second-order valence-corrected chi connectivity index (χ2v) is 6.94. The lowest BCUT2D eigenvalue weighted by atomic mass is 9.91. The summed E-state index contributed by atoms with van der Waals surface area (Å²) < 4.78 is 47.3. The van der Waals surface area contributed by atoms with E-state index in [-0.39, 0.29) is 11.4 Å². The molecule has 0 aliphatic heterocycles. The maximum atomic E-state index is 12.5. The van der Waals surface area contributed by atoms with Gasteiger partial charge in [0.25, 0.3) is 0 Å². The zero-order valence-electron chi connectivity index (χ0n) is 16.9. The smallest absolute Gasteiger partial charge is 0.493 e. The lowest BCUT2D eigenvalue weighted by Crippen LogP contribution is -2.16. The Morgan fingerprint density at radius 3 is 2.38 bits per heavy atom. The molecule has 32 heavy (non-hydrogen) atoms. The second-order valence-electron chi connectivity index (χ2n) is 6.94. The fourth-order valence-electron chi connectivity index (χ4n) is 3.64. The highest BCUT2D eigenvalue weighted by molar-refractivity contribution is 6.07. The fraction of sp³-hybridized carbons (Fsp3) is 0.125. The molecule has 4 aromatic rings. The van der Waals surface area contributed by atoms with Crippen LogP contribution in [0, 0.1) is 0 Å². The molecule has 0 atom stereocenters. The van der Waals surface area contributed by atoms with Crippen LogP contribution in [0.1, 0.15) is 17.4 Å². The molecule has 0 saturated heterocycles. The molecule has 3 aromatic carbocycles. The average Bonchev–Trinajstić information content (AvgIpc) is 3.18. The van der Waals surface area contributed by atoms with Crippen LogP contribution in [0.4, 0.5) is 13.2 Å². The van der Waals surface area contributed by atoms with Gasteiger partial charge in [-0.15, -0.1) is 13.2 Å². The number of halogens is 3. The molecule has 0 radical (unpaired) electrons. The first kappa shape index (κ1) is 21.3. The van der Waals surface area contributed by atoms with Crippen LogP contribution in [-0.2, 0) is 0 Å². The van der Waals surface area contributed by atoms with Crippen molar-refractivity contribution in [3.8, 4) is 33.8 Å². The minimum Gasteiger partial charge on any atom is -0.493 e. The highest BCUT2D eigenvalue weighted by Crippen LogP contribution is 2.42. The molecule has 1 aromatic heterocycles. The van der Waals surface area contributed by atoms with Gasteiger partial charge in [-0.25, -0.2) is 4.79 Å². The summed E-state index contributed by atoms with van der Waals surface area (Å²) in [4.78, 5) is 14.4. The Balaban J connectivity index is 1.94. The van der Waals surface area contributed by atoms with Crippen molar-refractivity contribution in [3.63, 3.8) is 0 Å². The maximum Gasteiger partial charge on any atom is 0.573 e. The van der Waals surface area contributed by atoms with Gasteiger partial charge >= 0.3 is 12.3 Å². The van der Waals surface area contributed by atoms with Gasteiger partial charge < -0.3 is 19.6 Å². The van der Waals surface area contributed by atoms with E-state index in [4.69, 9.17) is 4.74 Å². The van der Waals surface area contributed by atoms with Crippen LogP contribution in [0.5, 0.6) is 11.5 Å². The number of hydrogen-bond donors (Lipinski definition) is 2. The number of rotatable bonds is 6. The van der Waals surface area contributed by atoms with E-state index in [0.29, 0.717) is 39.9 Å². The first-order chi connectivity index (χ1) is 15.3. The SMILES string of the molecule is CCOc1ccccc1-c1c(-c2ccc(OC(F)(F)F)cc2)ccc2[nH]c(C(=O)O)cc12. The van der Waals surface area contributed by atoms with Crippen molar-refractivity contribution < 1.29 is 32.5 Å². The Hall–Kier alpha value is -3.94. The average molecular weight is 441 g/mol.